The van der Waals surface area contributed by atoms with E-state index in [1.807, 2.05) is 6.92 Å². The summed E-state index contributed by atoms with van der Waals surface area (Å²) in [7, 11) is 0. The summed E-state index contributed by atoms with van der Waals surface area (Å²) in [5, 5.41) is 10.1. The minimum atomic E-state index is -0.396. The maximum absolute atomic E-state index is 11.2. The van der Waals surface area contributed by atoms with Gasteiger partial charge in [0, 0.05) is 5.88 Å². The van der Waals surface area contributed by atoms with Crippen molar-refractivity contribution in [2.45, 2.75) is 20.0 Å². The number of carbonyl (C=O) groups excluding carboxylic acids is 1. The molecular weight excluding hydrogens is 255 g/mol. The number of halogens is 1. The van der Waals surface area contributed by atoms with Gasteiger partial charge in [-0.2, -0.15) is 0 Å². The fourth-order valence-corrected chi connectivity index (χ4v) is 1.34. The van der Waals surface area contributed by atoms with E-state index in [-0.39, 0.29) is 48.5 Å². The third-order valence-electron chi connectivity index (χ3n) is 2.07. The molecule has 0 heterocycles. The SMILES string of the molecule is Cc1ccc(OC(=O)CCCl)cc1CO[O-].[Na+]. The molecule has 1 rings (SSSR count). The number of alkyl halides is 1. The van der Waals surface area contributed by atoms with E-state index >= 15 is 0 Å². The quantitative estimate of drug-likeness (QED) is 0.160. The molecule has 0 saturated carbocycles. The summed E-state index contributed by atoms with van der Waals surface area (Å²) < 4.78 is 5.02. The molecule has 0 unspecified atom stereocenters. The summed E-state index contributed by atoms with van der Waals surface area (Å²) in [6.45, 7) is 1.80. The first-order valence-corrected chi connectivity index (χ1v) is 5.31. The van der Waals surface area contributed by atoms with E-state index < -0.39 is 5.97 Å². The molecule has 88 valence electrons. The summed E-state index contributed by atoms with van der Waals surface area (Å²) in [6, 6.07) is 5.03. The van der Waals surface area contributed by atoms with Gasteiger partial charge in [0.25, 0.3) is 0 Å². The minimum absolute atomic E-state index is 0. The van der Waals surface area contributed by atoms with Crippen molar-refractivity contribution < 1.29 is 49.2 Å². The summed E-state index contributed by atoms with van der Waals surface area (Å²) >= 11 is 5.41. The molecule has 0 bridgehead atoms. The number of hydrogen-bond acceptors (Lipinski definition) is 4. The topological polar surface area (TPSA) is 58.6 Å². The fraction of sp³-hybridized carbons (Fsp3) is 0.364. The number of hydrogen-bond donors (Lipinski definition) is 0. The van der Waals surface area contributed by atoms with Crippen LogP contribution in [-0.4, -0.2) is 11.8 Å². The number of carbonyl (C=O) groups is 1. The van der Waals surface area contributed by atoms with Gasteiger partial charge in [0.2, 0.25) is 0 Å². The summed E-state index contributed by atoms with van der Waals surface area (Å²) in [5.41, 5.74) is 1.61. The molecule has 0 aliphatic carbocycles. The summed E-state index contributed by atoms with van der Waals surface area (Å²) in [5.74, 6) is 0.224. The smallest absolute Gasteiger partial charge is 0.723 e. The average Bonchev–Trinajstić information content (AvgIpc) is 2.24. The first-order chi connectivity index (χ1) is 7.67. The van der Waals surface area contributed by atoms with E-state index in [2.05, 4.69) is 4.89 Å². The number of ether oxygens (including phenoxy) is 1. The van der Waals surface area contributed by atoms with Crippen molar-refractivity contribution in [3.63, 3.8) is 0 Å². The van der Waals surface area contributed by atoms with Crippen LogP contribution in [0.2, 0.25) is 0 Å². The number of aryl methyl sites for hydroxylation is 1. The van der Waals surface area contributed by atoms with Gasteiger partial charge in [-0.25, -0.2) is 0 Å². The van der Waals surface area contributed by atoms with Crippen molar-refractivity contribution >= 4 is 17.6 Å². The molecule has 0 spiro atoms. The number of benzene rings is 1. The Kier molecular flexibility index (Phi) is 8.86. The van der Waals surface area contributed by atoms with Gasteiger partial charge in [-0.05, 0) is 30.2 Å². The molecule has 0 atom stereocenters. The zero-order valence-corrected chi connectivity index (χ0v) is 12.6. The monoisotopic (exact) mass is 266 g/mol. The van der Waals surface area contributed by atoms with Gasteiger partial charge in [-0.15, -0.1) is 11.6 Å². The van der Waals surface area contributed by atoms with Crippen LogP contribution in [0.25, 0.3) is 0 Å². The van der Waals surface area contributed by atoms with Crippen LogP contribution < -0.4 is 39.6 Å². The van der Waals surface area contributed by atoms with Crippen LogP contribution in [0.1, 0.15) is 17.5 Å². The van der Waals surface area contributed by atoms with Crippen LogP contribution in [0.4, 0.5) is 0 Å². The van der Waals surface area contributed by atoms with Crippen molar-refractivity contribution in [2.75, 3.05) is 5.88 Å². The Bertz CT molecular complexity index is 370. The first kappa shape index (κ1) is 16.9. The van der Waals surface area contributed by atoms with E-state index in [1.54, 1.807) is 18.2 Å². The molecule has 0 aliphatic rings. The van der Waals surface area contributed by atoms with Crippen LogP contribution in [0, 0.1) is 6.92 Å². The molecular formula is C11H12ClNaO4. The molecule has 1 aromatic carbocycles. The van der Waals surface area contributed by atoms with Crippen LogP contribution in [-0.2, 0) is 16.3 Å². The maximum Gasteiger partial charge on any atom is 1.00 e. The zero-order valence-electron chi connectivity index (χ0n) is 9.86. The summed E-state index contributed by atoms with van der Waals surface area (Å²) in [6.07, 6.45) is 0.156. The predicted octanol–water partition coefficient (Wildman–Crippen LogP) is -1.67. The second-order valence-corrected chi connectivity index (χ2v) is 3.64. The van der Waals surface area contributed by atoms with E-state index in [9.17, 15) is 10.1 Å². The molecule has 4 nitrogen and oxygen atoms in total. The molecule has 6 heteroatoms. The molecule has 0 radical (unpaired) electrons. The molecule has 17 heavy (non-hydrogen) atoms. The van der Waals surface area contributed by atoms with Crippen LogP contribution in [0.15, 0.2) is 18.2 Å². The Balaban J connectivity index is 0.00000256. The Morgan fingerprint density at radius 1 is 1.47 bits per heavy atom. The van der Waals surface area contributed by atoms with E-state index in [1.165, 1.54) is 0 Å². The Morgan fingerprint density at radius 2 is 2.18 bits per heavy atom. The molecule has 0 aromatic heterocycles. The third-order valence-corrected chi connectivity index (χ3v) is 2.25. The van der Waals surface area contributed by atoms with Crippen LogP contribution in [0.5, 0.6) is 5.75 Å². The zero-order chi connectivity index (χ0) is 12.0. The standard InChI is InChI=1S/C11H13ClO4.Na/c1-8-2-3-10(6-9(8)7-15-14)16-11(13)4-5-12;/h2-3,6,14H,4-5,7H2,1H3;/q;+1/p-1. The molecule has 0 aliphatic heterocycles. The van der Waals surface area contributed by atoms with Crippen LogP contribution >= 0.6 is 11.6 Å². The third kappa shape index (κ3) is 5.86. The van der Waals surface area contributed by atoms with Crippen molar-refractivity contribution in [3.05, 3.63) is 29.3 Å². The molecule has 0 fully saturated rings. The minimum Gasteiger partial charge on any atom is -0.723 e. The average molecular weight is 267 g/mol. The predicted molar refractivity (Wildman–Crippen MR) is 56.9 cm³/mol. The second-order valence-electron chi connectivity index (χ2n) is 3.26. The Morgan fingerprint density at radius 3 is 2.76 bits per heavy atom. The van der Waals surface area contributed by atoms with Gasteiger partial charge in [-0.1, -0.05) is 6.07 Å². The van der Waals surface area contributed by atoms with Crippen LogP contribution in [0.3, 0.4) is 0 Å². The van der Waals surface area contributed by atoms with Gasteiger partial charge in [0.1, 0.15) is 5.75 Å². The largest absolute Gasteiger partial charge is 1.00 e. The maximum atomic E-state index is 11.2. The Labute approximate surface area is 127 Å². The number of rotatable bonds is 5. The Hall–Kier alpha value is -0.100. The summed E-state index contributed by atoms with van der Waals surface area (Å²) in [4.78, 5) is 15.0. The van der Waals surface area contributed by atoms with Crippen molar-refractivity contribution in [2.24, 2.45) is 0 Å². The fourth-order valence-electron chi connectivity index (χ4n) is 1.19. The second kappa shape index (κ2) is 8.91. The van der Waals surface area contributed by atoms with Crippen molar-refractivity contribution in [3.8, 4) is 5.75 Å². The number of esters is 1. The van der Waals surface area contributed by atoms with Gasteiger partial charge >= 0.3 is 35.5 Å². The van der Waals surface area contributed by atoms with Gasteiger partial charge < -0.3 is 14.9 Å². The normalized spacial score (nSPS) is 9.59. The van der Waals surface area contributed by atoms with E-state index in [0.717, 1.165) is 5.56 Å². The molecule has 0 N–H and O–H groups in total. The van der Waals surface area contributed by atoms with E-state index in [4.69, 9.17) is 16.3 Å². The van der Waals surface area contributed by atoms with E-state index in [0.29, 0.717) is 11.3 Å². The molecule has 0 saturated heterocycles. The van der Waals surface area contributed by atoms with Gasteiger partial charge in [0.05, 0.1) is 13.0 Å². The molecule has 1 aromatic rings. The van der Waals surface area contributed by atoms with Crippen molar-refractivity contribution in [1.82, 2.24) is 0 Å². The first-order valence-electron chi connectivity index (χ1n) is 4.78. The van der Waals surface area contributed by atoms with Gasteiger partial charge in [0.15, 0.2) is 0 Å². The van der Waals surface area contributed by atoms with Crippen molar-refractivity contribution in [1.29, 1.82) is 0 Å². The van der Waals surface area contributed by atoms with Gasteiger partial charge in [-0.3, -0.25) is 4.79 Å². The molecule has 0 amide bonds.